The topological polar surface area (TPSA) is 107 Å². The number of anilines is 2. The van der Waals surface area contributed by atoms with Gasteiger partial charge in [-0.15, -0.1) is 0 Å². The van der Waals surface area contributed by atoms with Crippen molar-refractivity contribution in [1.82, 2.24) is 14.8 Å². The van der Waals surface area contributed by atoms with Crippen molar-refractivity contribution in [1.29, 1.82) is 5.26 Å². The molecule has 10 heteroatoms. The molecule has 3 aromatic rings. The van der Waals surface area contributed by atoms with Gasteiger partial charge in [0.1, 0.15) is 5.39 Å². The smallest absolute Gasteiger partial charge is 0.379 e. The van der Waals surface area contributed by atoms with Crippen LogP contribution in [0.15, 0.2) is 35.3 Å². The van der Waals surface area contributed by atoms with E-state index in [1.54, 1.807) is 10.7 Å². The number of rotatable bonds is 6. The van der Waals surface area contributed by atoms with Crippen molar-refractivity contribution in [3.8, 4) is 6.07 Å². The molecule has 1 aliphatic rings. The lowest BCUT2D eigenvalue weighted by Crippen LogP contribution is -2.21. The molecule has 4 rings (SSSR count). The molecule has 162 valence electrons. The second kappa shape index (κ2) is 7.74. The van der Waals surface area contributed by atoms with Gasteiger partial charge in [-0.3, -0.25) is 9.48 Å². The molecule has 1 saturated carbocycles. The molecule has 1 fully saturated rings. The Hall–Kier alpha value is -3.32. The van der Waals surface area contributed by atoms with E-state index in [9.17, 15) is 28.3 Å². The summed E-state index contributed by atoms with van der Waals surface area (Å²) in [6.07, 6.45) is -3.59. The van der Waals surface area contributed by atoms with Gasteiger partial charge in [-0.2, -0.15) is 23.5 Å². The second-order valence-electron chi connectivity index (χ2n) is 7.77. The molecule has 0 amide bonds. The molecule has 0 spiro atoms. The van der Waals surface area contributed by atoms with Crippen molar-refractivity contribution in [2.45, 2.75) is 44.5 Å². The van der Waals surface area contributed by atoms with Crippen molar-refractivity contribution < 1.29 is 18.3 Å². The van der Waals surface area contributed by atoms with Gasteiger partial charge in [-0.05, 0) is 55.0 Å². The zero-order valence-electron chi connectivity index (χ0n) is 16.6. The Labute approximate surface area is 175 Å². The van der Waals surface area contributed by atoms with Crippen LogP contribution in [0.5, 0.6) is 0 Å². The highest BCUT2D eigenvalue weighted by molar-refractivity contribution is 5.91. The van der Waals surface area contributed by atoms with Crippen LogP contribution < -0.4 is 10.9 Å². The van der Waals surface area contributed by atoms with Crippen LogP contribution in [0.3, 0.4) is 0 Å². The molecule has 0 aliphatic heterocycles. The Balaban J connectivity index is 1.73. The van der Waals surface area contributed by atoms with Crippen LogP contribution in [0.25, 0.3) is 10.9 Å². The summed E-state index contributed by atoms with van der Waals surface area (Å²) in [4.78, 5) is 15.1. The maximum absolute atomic E-state index is 12.9. The van der Waals surface area contributed by atoms with E-state index in [1.807, 2.05) is 0 Å². The Bertz CT molecular complexity index is 1220. The number of alkyl halides is 3. The second-order valence-corrected chi connectivity index (χ2v) is 7.77. The number of hydrogen-bond acceptors (Lipinski definition) is 5. The van der Waals surface area contributed by atoms with Gasteiger partial charge < -0.3 is 15.4 Å². The van der Waals surface area contributed by atoms with Crippen molar-refractivity contribution in [3.63, 3.8) is 0 Å². The van der Waals surface area contributed by atoms with E-state index in [4.69, 9.17) is 0 Å². The van der Waals surface area contributed by atoms with Gasteiger partial charge in [0.2, 0.25) is 0 Å². The fourth-order valence-corrected chi connectivity index (χ4v) is 3.84. The third-order valence-corrected chi connectivity index (χ3v) is 5.55. The van der Waals surface area contributed by atoms with E-state index < -0.39 is 12.3 Å². The van der Waals surface area contributed by atoms with Gasteiger partial charge in [0.25, 0.3) is 5.56 Å². The number of nitrogens with zero attached hydrogens (tertiary/aromatic N) is 3. The van der Waals surface area contributed by atoms with Crippen LogP contribution in [0, 0.1) is 24.2 Å². The summed E-state index contributed by atoms with van der Waals surface area (Å²) in [5.74, 6) is 0.573. The number of aryl methyl sites for hydroxylation is 1. The third kappa shape index (κ3) is 4.01. The Morgan fingerprint density at radius 1 is 1.39 bits per heavy atom. The Morgan fingerprint density at radius 3 is 2.74 bits per heavy atom. The average molecular weight is 431 g/mol. The van der Waals surface area contributed by atoms with Crippen molar-refractivity contribution in [2.24, 2.45) is 5.92 Å². The van der Waals surface area contributed by atoms with Gasteiger partial charge in [-0.25, -0.2) is 0 Å². The number of benzene rings is 1. The fraction of sp³-hybridized carbons (Fsp3) is 0.381. The number of H-pyrrole nitrogens is 1. The number of fused-ring (bicyclic) bond motifs is 1. The molecule has 2 heterocycles. The van der Waals surface area contributed by atoms with Crippen molar-refractivity contribution in [3.05, 3.63) is 51.9 Å². The quantitative estimate of drug-likeness (QED) is 0.541. The standard InChI is InChI=1S/C21H20F3N5O2/c1-11-10-13(4-5-14(11)18(30)21(22,23)24)27-19-17-16(7-9-26-20(17)31)29(28-19)15(6-8-25)12-2-3-12/h4-5,7,9-10,12,15,18,30H,2-3,6H2,1H3,(H,26,31)(H,27,28)/t15?,18-/m1/s1. The summed E-state index contributed by atoms with van der Waals surface area (Å²) in [6, 6.07) is 7.79. The number of aromatic amines is 1. The molecule has 7 nitrogen and oxygen atoms in total. The Morgan fingerprint density at radius 2 is 2.13 bits per heavy atom. The number of aliphatic hydroxyl groups is 1. The molecule has 0 radical (unpaired) electrons. The molecule has 1 aliphatic carbocycles. The molecular formula is C21H20F3N5O2. The molecule has 1 unspecified atom stereocenters. The summed E-state index contributed by atoms with van der Waals surface area (Å²) >= 11 is 0. The number of nitriles is 1. The first-order valence-electron chi connectivity index (χ1n) is 9.80. The van der Waals surface area contributed by atoms with Crippen molar-refractivity contribution >= 4 is 22.4 Å². The molecular weight excluding hydrogens is 411 g/mol. The maximum atomic E-state index is 12.9. The monoisotopic (exact) mass is 431 g/mol. The normalized spacial score (nSPS) is 16.1. The van der Waals surface area contributed by atoms with Gasteiger partial charge in [0.15, 0.2) is 11.9 Å². The van der Waals surface area contributed by atoms with Crippen LogP contribution in [0.2, 0.25) is 0 Å². The van der Waals surface area contributed by atoms with Crippen LogP contribution >= 0.6 is 0 Å². The SMILES string of the molecule is Cc1cc(Nc2nn(C(CC#N)C3CC3)c3cc[nH]c(=O)c23)ccc1[C@@H](O)C(F)(F)F. The fourth-order valence-electron chi connectivity index (χ4n) is 3.84. The molecule has 0 bridgehead atoms. The number of nitrogens with one attached hydrogen (secondary N) is 2. The Kier molecular flexibility index (Phi) is 5.23. The lowest BCUT2D eigenvalue weighted by molar-refractivity contribution is -0.206. The van der Waals surface area contributed by atoms with Crippen LogP contribution in [-0.2, 0) is 0 Å². The highest BCUT2D eigenvalue weighted by Crippen LogP contribution is 2.43. The molecule has 0 saturated heterocycles. The first-order chi connectivity index (χ1) is 14.7. The minimum absolute atomic E-state index is 0.157. The van der Waals surface area contributed by atoms with E-state index in [-0.39, 0.29) is 35.0 Å². The largest absolute Gasteiger partial charge is 0.418 e. The number of halogens is 3. The number of hydrogen-bond donors (Lipinski definition) is 3. The van der Waals surface area contributed by atoms with Crippen LogP contribution in [0.1, 0.15) is 42.5 Å². The molecule has 31 heavy (non-hydrogen) atoms. The average Bonchev–Trinajstić information content (AvgIpc) is 3.48. The zero-order chi connectivity index (χ0) is 22.3. The summed E-state index contributed by atoms with van der Waals surface area (Å²) in [5.41, 5.74) is 0.647. The van der Waals surface area contributed by atoms with Crippen molar-refractivity contribution in [2.75, 3.05) is 5.32 Å². The first-order valence-corrected chi connectivity index (χ1v) is 9.80. The van der Waals surface area contributed by atoms with E-state index in [2.05, 4.69) is 21.5 Å². The summed E-state index contributed by atoms with van der Waals surface area (Å²) in [6.45, 7) is 1.47. The van der Waals surface area contributed by atoms with Crippen LogP contribution in [-0.4, -0.2) is 26.0 Å². The number of pyridine rings is 1. The zero-order valence-corrected chi connectivity index (χ0v) is 16.6. The maximum Gasteiger partial charge on any atom is 0.418 e. The summed E-state index contributed by atoms with van der Waals surface area (Å²) < 4.78 is 40.3. The van der Waals surface area contributed by atoms with E-state index >= 15 is 0 Å². The van der Waals surface area contributed by atoms with E-state index in [1.165, 1.54) is 31.3 Å². The summed E-state index contributed by atoms with van der Waals surface area (Å²) in [5, 5.41) is 26.6. The predicted molar refractivity (Wildman–Crippen MR) is 108 cm³/mol. The summed E-state index contributed by atoms with van der Waals surface area (Å²) in [7, 11) is 0. The van der Waals surface area contributed by atoms with E-state index in [0.29, 0.717) is 22.5 Å². The van der Waals surface area contributed by atoms with E-state index in [0.717, 1.165) is 12.8 Å². The number of aliphatic hydroxyl groups excluding tert-OH is 1. The molecule has 2 aromatic heterocycles. The minimum atomic E-state index is -4.76. The lowest BCUT2D eigenvalue weighted by atomic mass is 10.0. The third-order valence-electron chi connectivity index (χ3n) is 5.55. The van der Waals surface area contributed by atoms with Gasteiger partial charge >= 0.3 is 6.18 Å². The highest BCUT2D eigenvalue weighted by Gasteiger charge is 2.40. The lowest BCUT2D eigenvalue weighted by Gasteiger charge is -2.17. The molecule has 1 aromatic carbocycles. The molecule has 3 N–H and O–H groups in total. The van der Waals surface area contributed by atoms with Gasteiger partial charge in [-0.1, -0.05) is 6.07 Å². The van der Waals surface area contributed by atoms with Gasteiger partial charge in [0.05, 0.1) is 24.0 Å². The molecule has 2 atom stereocenters. The first kappa shape index (κ1) is 20.9. The predicted octanol–water partition coefficient (Wildman–Crippen LogP) is 4.24. The van der Waals surface area contributed by atoms with Crippen LogP contribution in [0.4, 0.5) is 24.7 Å². The number of aromatic nitrogens is 3. The highest BCUT2D eigenvalue weighted by atomic mass is 19.4. The van der Waals surface area contributed by atoms with Gasteiger partial charge in [0, 0.05) is 11.9 Å². The minimum Gasteiger partial charge on any atom is -0.379 e.